The number of carbonyl (C=O) groups excluding carboxylic acids is 2. The summed E-state index contributed by atoms with van der Waals surface area (Å²) < 4.78 is 8.49. The fraction of sp³-hybridized carbons (Fsp3) is 0.526. The van der Waals surface area contributed by atoms with Crippen molar-refractivity contribution < 1.29 is 14.3 Å². The molecule has 10 heteroatoms. The van der Waals surface area contributed by atoms with Crippen LogP contribution in [0.3, 0.4) is 0 Å². The van der Waals surface area contributed by atoms with Crippen molar-refractivity contribution in [2.24, 2.45) is 14.1 Å². The highest BCUT2D eigenvalue weighted by Gasteiger charge is 2.17. The van der Waals surface area contributed by atoms with E-state index in [0.717, 1.165) is 23.8 Å². The second kappa shape index (κ2) is 8.89. The third kappa shape index (κ3) is 4.64. The van der Waals surface area contributed by atoms with E-state index in [4.69, 9.17) is 4.74 Å². The highest BCUT2D eigenvalue weighted by atomic mass is 16.5. The van der Waals surface area contributed by atoms with E-state index in [1.807, 2.05) is 0 Å². The first-order chi connectivity index (χ1) is 13.9. The predicted octanol–water partition coefficient (Wildman–Crippen LogP) is -0.0164. The molecule has 0 unspecified atom stereocenters. The number of fused-ring (bicyclic) bond motifs is 1. The van der Waals surface area contributed by atoms with Gasteiger partial charge in [0.05, 0.1) is 6.33 Å². The molecular formula is C19H25N5O5. The van der Waals surface area contributed by atoms with Crippen molar-refractivity contribution in [1.82, 2.24) is 24.0 Å². The molecule has 1 aliphatic carbocycles. The molecule has 156 valence electrons. The maximum atomic E-state index is 12.3. The predicted molar refractivity (Wildman–Crippen MR) is 105 cm³/mol. The molecule has 0 saturated heterocycles. The third-order valence-corrected chi connectivity index (χ3v) is 5.03. The van der Waals surface area contributed by atoms with Crippen LogP contribution in [0, 0.1) is 0 Å². The molecule has 0 radical (unpaired) electrons. The molecule has 0 saturated carbocycles. The molecule has 0 spiro atoms. The molecule has 2 heterocycles. The normalized spacial score (nSPS) is 13.9. The average molecular weight is 403 g/mol. The lowest BCUT2D eigenvalue weighted by atomic mass is 9.97. The number of imidazole rings is 1. The molecule has 0 bridgehead atoms. The topological polar surface area (TPSA) is 117 Å². The van der Waals surface area contributed by atoms with Gasteiger partial charge in [-0.1, -0.05) is 11.6 Å². The van der Waals surface area contributed by atoms with Gasteiger partial charge in [0.15, 0.2) is 17.8 Å². The van der Waals surface area contributed by atoms with Crippen LogP contribution >= 0.6 is 0 Å². The van der Waals surface area contributed by atoms with Crippen LogP contribution in [0.15, 0.2) is 27.6 Å². The van der Waals surface area contributed by atoms with Crippen LogP contribution in [-0.4, -0.2) is 43.7 Å². The Morgan fingerprint density at radius 2 is 2.00 bits per heavy atom. The van der Waals surface area contributed by atoms with Crippen LogP contribution in [0.5, 0.6) is 0 Å². The Hall–Kier alpha value is -3.17. The summed E-state index contributed by atoms with van der Waals surface area (Å²) in [6.07, 6.45) is 8.92. The van der Waals surface area contributed by atoms with E-state index in [9.17, 15) is 19.2 Å². The fourth-order valence-electron chi connectivity index (χ4n) is 3.39. The zero-order chi connectivity index (χ0) is 21.0. The number of amides is 1. The quantitative estimate of drug-likeness (QED) is 0.513. The van der Waals surface area contributed by atoms with Gasteiger partial charge >= 0.3 is 11.7 Å². The molecule has 10 nitrogen and oxygen atoms in total. The molecule has 1 amide bonds. The second-order valence-electron chi connectivity index (χ2n) is 7.12. The zero-order valence-corrected chi connectivity index (χ0v) is 16.6. The Balaban J connectivity index is 1.53. The Labute approximate surface area is 166 Å². The molecule has 0 atom stereocenters. The first kappa shape index (κ1) is 20.6. The van der Waals surface area contributed by atoms with Crippen molar-refractivity contribution in [3.63, 3.8) is 0 Å². The molecule has 0 fully saturated rings. The number of ether oxygens (including phenoxy) is 1. The van der Waals surface area contributed by atoms with E-state index >= 15 is 0 Å². The molecule has 29 heavy (non-hydrogen) atoms. The van der Waals surface area contributed by atoms with Crippen molar-refractivity contribution in [2.45, 2.75) is 38.6 Å². The Kier molecular flexibility index (Phi) is 6.30. The number of nitrogens with one attached hydrogen (secondary N) is 1. The number of aromatic nitrogens is 4. The second-order valence-corrected chi connectivity index (χ2v) is 7.12. The fourth-order valence-corrected chi connectivity index (χ4v) is 3.39. The van der Waals surface area contributed by atoms with Crippen LogP contribution in [0.25, 0.3) is 11.2 Å². The number of allylic oxidation sites excluding steroid dienone is 1. The van der Waals surface area contributed by atoms with Crippen LogP contribution in [0.1, 0.15) is 32.1 Å². The van der Waals surface area contributed by atoms with Gasteiger partial charge in [0.25, 0.3) is 11.5 Å². The summed E-state index contributed by atoms with van der Waals surface area (Å²) in [6.45, 7) is -0.163. The number of aryl methyl sites for hydroxylation is 1. The van der Waals surface area contributed by atoms with Gasteiger partial charge in [0.2, 0.25) is 0 Å². The van der Waals surface area contributed by atoms with Crippen molar-refractivity contribution in [3.05, 3.63) is 38.8 Å². The maximum Gasteiger partial charge on any atom is 0.332 e. The standard InChI is InChI=1S/C19H25N5O5/c1-22-17-16(18(27)23(2)19(22)28)24(12-21-17)10-15(26)29-11-14(25)20-9-8-13-6-4-3-5-7-13/h6,12H,3-5,7-11H2,1-2H3,(H,20,25). The minimum absolute atomic E-state index is 0.122. The number of hydrogen-bond acceptors (Lipinski definition) is 6. The molecule has 0 aromatic carbocycles. The minimum Gasteiger partial charge on any atom is -0.454 e. The van der Waals surface area contributed by atoms with Gasteiger partial charge in [-0.05, 0) is 32.1 Å². The van der Waals surface area contributed by atoms with E-state index in [2.05, 4.69) is 16.4 Å². The summed E-state index contributed by atoms with van der Waals surface area (Å²) in [5, 5.41) is 2.74. The number of rotatable bonds is 7. The molecule has 1 aliphatic rings. The summed E-state index contributed by atoms with van der Waals surface area (Å²) in [5.74, 6) is -1.05. The molecular weight excluding hydrogens is 378 g/mol. The number of nitrogens with zero attached hydrogens (tertiary/aromatic N) is 4. The minimum atomic E-state index is -0.676. The van der Waals surface area contributed by atoms with Gasteiger partial charge in [-0.15, -0.1) is 0 Å². The highest BCUT2D eigenvalue weighted by Crippen LogP contribution is 2.19. The van der Waals surface area contributed by atoms with Crippen LogP contribution in [-0.2, 0) is 35.0 Å². The zero-order valence-electron chi connectivity index (χ0n) is 16.6. The molecule has 0 aliphatic heterocycles. The van der Waals surface area contributed by atoms with Crippen LogP contribution < -0.4 is 16.6 Å². The van der Waals surface area contributed by atoms with E-state index in [-0.39, 0.29) is 30.2 Å². The van der Waals surface area contributed by atoms with Gasteiger partial charge in [0, 0.05) is 20.6 Å². The monoisotopic (exact) mass is 403 g/mol. The van der Waals surface area contributed by atoms with Crippen molar-refractivity contribution >= 4 is 23.0 Å². The SMILES string of the molecule is Cn1c(=O)c2c(ncn2CC(=O)OCC(=O)NCCC2=CCCCC2)n(C)c1=O. The van der Waals surface area contributed by atoms with Crippen molar-refractivity contribution in [3.8, 4) is 0 Å². The van der Waals surface area contributed by atoms with E-state index in [1.54, 1.807) is 0 Å². The number of hydrogen-bond donors (Lipinski definition) is 1. The summed E-state index contributed by atoms with van der Waals surface area (Å²) in [4.78, 5) is 52.3. The van der Waals surface area contributed by atoms with Gasteiger partial charge in [0.1, 0.15) is 6.54 Å². The highest BCUT2D eigenvalue weighted by molar-refractivity contribution is 5.81. The van der Waals surface area contributed by atoms with Gasteiger partial charge in [-0.25, -0.2) is 9.78 Å². The van der Waals surface area contributed by atoms with Gasteiger partial charge in [-0.2, -0.15) is 0 Å². The lowest BCUT2D eigenvalue weighted by molar-refractivity contribution is -0.149. The molecule has 2 aromatic rings. The third-order valence-electron chi connectivity index (χ3n) is 5.03. The lowest BCUT2D eigenvalue weighted by Crippen LogP contribution is -2.37. The number of esters is 1. The molecule has 3 rings (SSSR count). The Bertz CT molecular complexity index is 1080. The molecule has 1 N–H and O–H groups in total. The van der Waals surface area contributed by atoms with Crippen LogP contribution in [0.2, 0.25) is 0 Å². The first-order valence-electron chi connectivity index (χ1n) is 9.59. The lowest BCUT2D eigenvalue weighted by Gasteiger charge is -2.13. The van der Waals surface area contributed by atoms with Gasteiger partial charge < -0.3 is 14.6 Å². The molecule has 2 aromatic heterocycles. The van der Waals surface area contributed by atoms with Crippen molar-refractivity contribution in [1.29, 1.82) is 0 Å². The van der Waals surface area contributed by atoms with Crippen LogP contribution in [0.4, 0.5) is 0 Å². The van der Waals surface area contributed by atoms with E-state index in [0.29, 0.717) is 6.54 Å². The summed E-state index contributed by atoms with van der Waals surface area (Å²) >= 11 is 0. The largest absolute Gasteiger partial charge is 0.454 e. The van der Waals surface area contributed by atoms with E-state index < -0.39 is 17.2 Å². The van der Waals surface area contributed by atoms with Gasteiger partial charge in [-0.3, -0.25) is 23.5 Å². The van der Waals surface area contributed by atoms with E-state index in [1.165, 1.54) is 48.0 Å². The summed E-state index contributed by atoms with van der Waals surface area (Å²) in [6, 6.07) is 0. The average Bonchev–Trinajstić information content (AvgIpc) is 3.13. The Morgan fingerprint density at radius 3 is 2.72 bits per heavy atom. The number of carbonyl (C=O) groups is 2. The summed E-state index contributed by atoms with van der Waals surface area (Å²) in [5.41, 5.74) is 0.605. The first-order valence-corrected chi connectivity index (χ1v) is 9.59. The van der Waals surface area contributed by atoms with Crippen molar-refractivity contribution in [2.75, 3.05) is 13.2 Å². The Morgan fingerprint density at radius 1 is 1.21 bits per heavy atom. The summed E-state index contributed by atoms with van der Waals surface area (Å²) in [7, 11) is 2.85. The smallest absolute Gasteiger partial charge is 0.332 e. The maximum absolute atomic E-state index is 12.3.